The third-order valence-corrected chi connectivity index (χ3v) is 4.05. The van der Waals surface area contributed by atoms with Crippen LogP contribution in [0.2, 0.25) is 0 Å². The second-order valence-electron chi connectivity index (χ2n) is 5.78. The van der Waals surface area contributed by atoms with Crippen molar-refractivity contribution in [2.45, 2.75) is 26.7 Å². The van der Waals surface area contributed by atoms with Crippen LogP contribution >= 0.6 is 0 Å². The van der Waals surface area contributed by atoms with Crippen molar-refractivity contribution in [2.24, 2.45) is 5.92 Å². The highest BCUT2D eigenvalue weighted by Crippen LogP contribution is 2.20. The maximum Gasteiger partial charge on any atom is 0.309 e. The van der Waals surface area contributed by atoms with Crippen molar-refractivity contribution in [1.29, 1.82) is 0 Å². The van der Waals surface area contributed by atoms with E-state index in [0.29, 0.717) is 6.61 Å². The van der Waals surface area contributed by atoms with Crippen molar-refractivity contribution in [1.82, 2.24) is 4.90 Å². The first-order valence-corrected chi connectivity index (χ1v) is 7.60. The molecule has 0 aromatic heterocycles. The van der Waals surface area contributed by atoms with Gasteiger partial charge in [-0.05, 0) is 50.4 Å². The third-order valence-electron chi connectivity index (χ3n) is 4.05. The molecule has 0 amide bonds. The minimum Gasteiger partial charge on any atom is -0.492 e. The molecule has 1 aromatic rings. The van der Waals surface area contributed by atoms with Gasteiger partial charge in [0.1, 0.15) is 12.4 Å². The molecule has 0 saturated carbocycles. The summed E-state index contributed by atoms with van der Waals surface area (Å²) in [5.74, 6) is 0.885. The fourth-order valence-electron chi connectivity index (χ4n) is 2.77. The van der Waals surface area contributed by atoms with E-state index in [-0.39, 0.29) is 11.9 Å². The van der Waals surface area contributed by atoms with Gasteiger partial charge in [0.15, 0.2) is 0 Å². The molecule has 0 bridgehead atoms. The largest absolute Gasteiger partial charge is 0.492 e. The molecule has 0 N–H and O–H groups in total. The molecule has 21 heavy (non-hydrogen) atoms. The number of ether oxygens (including phenoxy) is 2. The highest BCUT2D eigenvalue weighted by atomic mass is 16.5. The Hall–Kier alpha value is -1.55. The summed E-state index contributed by atoms with van der Waals surface area (Å²) >= 11 is 0. The number of likely N-dealkylation sites (tertiary alicyclic amines) is 1. The van der Waals surface area contributed by atoms with Gasteiger partial charge >= 0.3 is 5.97 Å². The van der Waals surface area contributed by atoms with Crippen LogP contribution in [-0.4, -0.2) is 44.2 Å². The Labute approximate surface area is 127 Å². The maximum absolute atomic E-state index is 11.6. The van der Waals surface area contributed by atoms with E-state index in [2.05, 4.69) is 36.9 Å². The monoisotopic (exact) mass is 291 g/mol. The Kier molecular flexibility index (Phi) is 5.62. The van der Waals surface area contributed by atoms with Crippen LogP contribution in [0.5, 0.6) is 5.75 Å². The lowest BCUT2D eigenvalue weighted by molar-refractivity contribution is -0.147. The van der Waals surface area contributed by atoms with E-state index < -0.39 is 0 Å². The van der Waals surface area contributed by atoms with E-state index in [9.17, 15) is 4.79 Å². The Balaban J connectivity index is 1.80. The number of esters is 1. The molecule has 1 saturated heterocycles. The fraction of sp³-hybridized carbons (Fsp3) is 0.588. The first kappa shape index (κ1) is 15.8. The summed E-state index contributed by atoms with van der Waals surface area (Å²) in [6.45, 7) is 7.44. The Morgan fingerprint density at radius 1 is 1.38 bits per heavy atom. The molecule has 1 aliphatic rings. The molecule has 1 aromatic carbocycles. The molecule has 1 heterocycles. The van der Waals surface area contributed by atoms with Crippen LogP contribution in [0.1, 0.15) is 24.0 Å². The molecule has 2 rings (SSSR count). The summed E-state index contributed by atoms with van der Waals surface area (Å²) in [6.07, 6.45) is 1.98. The molecule has 0 spiro atoms. The highest BCUT2D eigenvalue weighted by molar-refractivity contribution is 5.72. The van der Waals surface area contributed by atoms with E-state index >= 15 is 0 Å². The van der Waals surface area contributed by atoms with Gasteiger partial charge in [0, 0.05) is 13.1 Å². The summed E-state index contributed by atoms with van der Waals surface area (Å²) in [6, 6.07) is 6.25. The fourth-order valence-corrected chi connectivity index (χ4v) is 2.77. The van der Waals surface area contributed by atoms with Gasteiger partial charge < -0.3 is 9.47 Å². The Bertz CT molecular complexity index is 487. The van der Waals surface area contributed by atoms with Crippen molar-refractivity contribution in [3.05, 3.63) is 29.3 Å². The quantitative estimate of drug-likeness (QED) is 0.782. The maximum atomic E-state index is 11.6. The van der Waals surface area contributed by atoms with E-state index in [1.54, 1.807) is 0 Å². The normalized spacial score (nSPS) is 19.3. The van der Waals surface area contributed by atoms with Gasteiger partial charge in [0.25, 0.3) is 0 Å². The zero-order valence-corrected chi connectivity index (χ0v) is 13.2. The molecule has 4 nitrogen and oxygen atoms in total. The molecule has 1 atom stereocenters. The van der Waals surface area contributed by atoms with Gasteiger partial charge in [-0.15, -0.1) is 0 Å². The summed E-state index contributed by atoms with van der Waals surface area (Å²) in [7, 11) is 1.46. The minimum atomic E-state index is -0.0878. The van der Waals surface area contributed by atoms with Crippen LogP contribution in [0.25, 0.3) is 0 Å². The number of hydrogen-bond donors (Lipinski definition) is 0. The molecular weight excluding hydrogens is 266 g/mol. The minimum absolute atomic E-state index is 0.0180. The molecule has 1 aliphatic heterocycles. The van der Waals surface area contributed by atoms with Gasteiger partial charge in [-0.1, -0.05) is 12.1 Å². The number of rotatable bonds is 5. The molecule has 1 fully saturated rings. The number of aryl methyl sites for hydroxylation is 2. The molecule has 0 radical (unpaired) electrons. The Morgan fingerprint density at radius 3 is 2.95 bits per heavy atom. The van der Waals surface area contributed by atoms with E-state index in [1.807, 2.05) is 0 Å². The standard InChI is InChI=1S/C17H25NO3/c1-13-6-7-14(2)16(11-13)21-10-9-18-8-4-5-15(12-18)17(19)20-3/h6-7,11,15H,4-5,8-10,12H2,1-3H3/t15-/m0/s1. The molecular formula is C17H25NO3. The zero-order valence-electron chi connectivity index (χ0n) is 13.2. The molecule has 0 unspecified atom stereocenters. The number of nitrogens with zero attached hydrogens (tertiary/aromatic N) is 1. The average Bonchev–Trinajstić information content (AvgIpc) is 2.50. The third kappa shape index (κ3) is 4.46. The first-order chi connectivity index (χ1) is 10.1. The van der Waals surface area contributed by atoms with E-state index in [0.717, 1.165) is 43.8 Å². The lowest BCUT2D eigenvalue weighted by Gasteiger charge is -2.31. The van der Waals surface area contributed by atoms with Crippen LogP contribution in [0.15, 0.2) is 18.2 Å². The second-order valence-corrected chi connectivity index (χ2v) is 5.78. The second kappa shape index (κ2) is 7.46. The van der Waals surface area contributed by atoms with Crippen LogP contribution in [-0.2, 0) is 9.53 Å². The predicted molar refractivity (Wildman–Crippen MR) is 82.6 cm³/mol. The Morgan fingerprint density at radius 2 is 2.19 bits per heavy atom. The molecule has 0 aliphatic carbocycles. The van der Waals surface area contributed by atoms with Gasteiger partial charge in [0.05, 0.1) is 13.0 Å². The number of carbonyl (C=O) groups is 1. The average molecular weight is 291 g/mol. The predicted octanol–water partition coefficient (Wildman–Crippen LogP) is 2.57. The lowest BCUT2D eigenvalue weighted by atomic mass is 9.98. The lowest BCUT2D eigenvalue weighted by Crippen LogP contribution is -2.41. The number of methoxy groups -OCH3 is 1. The highest BCUT2D eigenvalue weighted by Gasteiger charge is 2.26. The molecule has 116 valence electrons. The summed E-state index contributed by atoms with van der Waals surface area (Å²) < 4.78 is 10.7. The van der Waals surface area contributed by atoms with Crippen LogP contribution in [0.4, 0.5) is 0 Å². The van der Waals surface area contributed by atoms with Gasteiger partial charge in [-0.3, -0.25) is 9.69 Å². The van der Waals surface area contributed by atoms with Crippen LogP contribution < -0.4 is 4.74 Å². The zero-order chi connectivity index (χ0) is 15.2. The van der Waals surface area contributed by atoms with Crippen molar-refractivity contribution >= 4 is 5.97 Å². The van der Waals surface area contributed by atoms with Crippen molar-refractivity contribution in [2.75, 3.05) is 33.4 Å². The van der Waals surface area contributed by atoms with Crippen molar-refractivity contribution in [3.8, 4) is 5.75 Å². The van der Waals surface area contributed by atoms with Gasteiger partial charge in [0.2, 0.25) is 0 Å². The van der Waals surface area contributed by atoms with Crippen molar-refractivity contribution < 1.29 is 14.3 Å². The summed E-state index contributed by atoms with van der Waals surface area (Å²) in [5.41, 5.74) is 2.37. The summed E-state index contributed by atoms with van der Waals surface area (Å²) in [4.78, 5) is 13.9. The van der Waals surface area contributed by atoms with E-state index in [4.69, 9.17) is 9.47 Å². The number of hydrogen-bond acceptors (Lipinski definition) is 4. The van der Waals surface area contributed by atoms with Crippen molar-refractivity contribution in [3.63, 3.8) is 0 Å². The molecule has 4 heteroatoms. The van der Waals surface area contributed by atoms with Gasteiger partial charge in [-0.25, -0.2) is 0 Å². The van der Waals surface area contributed by atoms with E-state index in [1.165, 1.54) is 12.7 Å². The van der Waals surface area contributed by atoms with Crippen LogP contribution in [0, 0.1) is 19.8 Å². The summed E-state index contributed by atoms with van der Waals surface area (Å²) in [5, 5.41) is 0. The van der Waals surface area contributed by atoms with Gasteiger partial charge in [-0.2, -0.15) is 0 Å². The number of benzene rings is 1. The smallest absolute Gasteiger partial charge is 0.309 e. The first-order valence-electron chi connectivity index (χ1n) is 7.60. The topological polar surface area (TPSA) is 38.8 Å². The van der Waals surface area contributed by atoms with Crippen LogP contribution in [0.3, 0.4) is 0 Å². The SMILES string of the molecule is COC(=O)[C@H]1CCCN(CCOc2cc(C)ccc2C)C1. The number of piperidine rings is 1. The number of carbonyl (C=O) groups excluding carboxylic acids is 1.